The molecule has 5 nitrogen and oxygen atoms in total. The summed E-state index contributed by atoms with van der Waals surface area (Å²) in [5.74, 6) is 0.101. The Morgan fingerprint density at radius 1 is 1.03 bits per heavy atom. The number of pyridine rings is 1. The zero-order valence-electron chi connectivity index (χ0n) is 17.0. The van der Waals surface area contributed by atoms with Crippen molar-refractivity contribution in [2.45, 2.75) is 13.3 Å². The number of piperazine rings is 1. The number of nitrogens with zero attached hydrogens (tertiary/aromatic N) is 4. The Kier molecular flexibility index (Phi) is 5.01. The van der Waals surface area contributed by atoms with Gasteiger partial charge in [-0.05, 0) is 36.8 Å². The Balaban J connectivity index is 1.42. The van der Waals surface area contributed by atoms with Gasteiger partial charge in [-0.25, -0.2) is 4.98 Å². The minimum absolute atomic E-state index is 0.101. The third-order valence-corrected chi connectivity index (χ3v) is 6.70. The summed E-state index contributed by atoms with van der Waals surface area (Å²) in [7, 11) is 0. The average molecular weight is 417 g/mol. The van der Waals surface area contributed by atoms with Gasteiger partial charge in [-0.1, -0.05) is 31.2 Å². The van der Waals surface area contributed by atoms with E-state index < -0.39 is 0 Å². The fraction of sp³-hybridized carbons (Fsp3) is 0.250. The first-order chi connectivity index (χ1) is 14.7. The molecule has 1 saturated heterocycles. The van der Waals surface area contributed by atoms with E-state index in [1.807, 2.05) is 41.4 Å². The van der Waals surface area contributed by atoms with Gasteiger partial charge in [-0.15, -0.1) is 11.3 Å². The van der Waals surface area contributed by atoms with E-state index in [9.17, 15) is 4.79 Å². The van der Waals surface area contributed by atoms with Gasteiger partial charge in [0.1, 0.15) is 0 Å². The second-order valence-corrected chi connectivity index (χ2v) is 8.44. The van der Waals surface area contributed by atoms with E-state index in [4.69, 9.17) is 4.98 Å². The van der Waals surface area contributed by atoms with Gasteiger partial charge >= 0.3 is 0 Å². The smallest absolute Gasteiger partial charge is 0.256 e. The average Bonchev–Trinajstić information content (AvgIpc) is 3.44. The summed E-state index contributed by atoms with van der Waals surface area (Å²) in [6.45, 7) is 5.26. The lowest BCUT2D eigenvalue weighted by molar-refractivity contribution is 0.0749. The van der Waals surface area contributed by atoms with Crippen LogP contribution in [0, 0.1) is 0 Å². The number of para-hydroxylation sites is 1. The van der Waals surface area contributed by atoms with Crippen LogP contribution in [0.15, 0.2) is 66.2 Å². The summed E-state index contributed by atoms with van der Waals surface area (Å²) in [5.41, 5.74) is 4.83. The molecule has 6 heteroatoms. The van der Waals surface area contributed by atoms with Crippen LogP contribution in [-0.2, 0) is 6.42 Å². The van der Waals surface area contributed by atoms with E-state index in [1.165, 1.54) is 5.69 Å². The number of carbonyl (C=O) groups excluding carboxylic acids is 1. The zero-order valence-corrected chi connectivity index (χ0v) is 17.8. The predicted molar refractivity (Wildman–Crippen MR) is 122 cm³/mol. The molecule has 0 bridgehead atoms. The molecule has 4 aromatic rings. The molecule has 0 unspecified atom stereocenters. The van der Waals surface area contributed by atoms with Crippen LogP contribution in [-0.4, -0.2) is 46.4 Å². The molecule has 1 fully saturated rings. The van der Waals surface area contributed by atoms with Crippen molar-refractivity contribution >= 4 is 28.4 Å². The van der Waals surface area contributed by atoms with Crippen LogP contribution in [0.2, 0.25) is 0 Å². The molecule has 152 valence electrons. The Hall–Kier alpha value is -3.12. The first-order valence-electron chi connectivity index (χ1n) is 10.4. The van der Waals surface area contributed by atoms with Gasteiger partial charge in [0.05, 0.1) is 27.5 Å². The topological polar surface area (TPSA) is 40.9 Å². The monoisotopic (exact) mass is 416 g/mol. The Morgan fingerprint density at radius 2 is 1.80 bits per heavy atom. The molecule has 30 heavy (non-hydrogen) atoms. The molecule has 0 spiro atoms. The van der Waals surface area contributed by atoms with Crippen molar-refractivity contribution < 1.29 is 4.79 Å². The van der Waals surface area contributed by atoms with Gasteiger partial charge in [0, 0.05) is 43.4 Å². The van der Waals surface area contributed by atoms with E-state index in [0.29, 0.717) is 0 Å². The molecule has 0 saturated carbocycles. The zero-order chi connectivity index (χ0) is 20.5. The van der Waals surface area contributed by atoms with Gasteiger partial charge in [-0.2, -0.15) is 0 Å². The number of benzene rings is 1. The number of hydrogen-bond donors (Lipinski definition) is 0. The second-order valence-electron chi connectivity index (χ2n) is 7.49. The van der Waals surface area contributed by atoms with Crippen LogP contribution in [0.4, 0.5) is 5.69 Å². The van der Waals surface area contributed by atoms with E-state index in [2.05, 4.69) is 45.9 Å². The number of amides is 1. The summed E-state index contributed by atoms with van der Waals surface area (Å²) in [5, 5.41) is 3.20. The summed E-state index contributed by atoms with van der Waals surface area (Å²) in [6.07, 6.45) is 2.94. The lowest BCUT2D eigenvalue weighted by atomic mass is 10.2. The number of thiazole rings is 1. The van der Waals surface area contributed by atoms with E-state index >= 15 is 0 Å². The van der Waals surface area contributed by atoms with Crippen LogP contribution in [0.5, 0.6) is 0 Å². The van der Waals surface area contributed by atoms with Crippen molar-refractivity contribution in [1.29, 1.82) is 0 Å². The molecule has 3 aromatic heterocycles. The van der Waals surface area contributed by atoms with Crippen molar-refractivity contribution in [3.8, 4) is 11.4 Å². The molecule has 5 rings (SSSR count). The van der Waals surface area contributed by atoms with Crippen molar-refractivity contribution in [2.24, 2.45) is 0 Å². The molecule has 1 aliphatic rings. The fourth-order valence-corrected chi connectivity index (χ4v) is 4.83. The lowest BCUT2D eigenvalue weighted by Gasteiger charge is -2.36. The number of hydrogen-bond acceptors (Lipinski definition) is 4. The first kappa shape index (κ1) is 18.9. The molecule has 4 heterocycles. The van der Waals surface area contributed by atoms with E-state index in [1.54, 1.807) is 11.3 Å². The minimum Gasteiger partial charge on any atom is -0.368 e. The first-order valence-corrected chi connectivity index (χ1v) is 11.3. The quantitative estimate of drug-likeness (QED) is 0.489. The largest absolute Gasteiger partial charge is 0.368 e. The van der Waals surface area contributed by atoms with Crippen LogP contribution < -0.4 is 4.90 Å². The van der Waals surface area contributed by atoms with Crippen molar-refractivity contribution in [1.82, 2.24) is 14.3 Å². The van der Waals surface area contributed by atoms with Crippen LogP contribution >= 0.6 is 11.3 Å². The molecule has 0 aliphatic carbocycles. The van der Waals surface area contributed by atoms with Gasteiger partial charge in [0.25, 0.3) is 5.91 Å². The molecule has 0 radical (unpaired) electrons. The van der Waals surface area contributed by atoms with Gasteiger partial charge in [-0.3, -0.25) is 4.79 Å². The third-order valence-electron chi connectivity index (χ3n) is 5.71. The third kappa shape index (κ3) is 3.37. The molecule has 0 N–H and O–H groups in total. The number of anilines is 1. The normalized spacial score (nSPS) is 14.4. The van der Waals surface area contributed by atoms with E-state index in [0.717, 1.165) is 60.1 Å². The van der Waals surface area contributed by atoms with Gasteiger partial charge in [0.15, 0.2) is 0 Å². The highest BCUT2D eigenvalue weighted by atomic mass is 32.1. The summed E-state index contributed by atoms with van der Waals surface area (Å²) < 4.78 is 2.09. The molecule has 0 atom stereocenters. The Bertz CT molecular complexity index is 1170. The summed E-state index contributed by atoms with van der Waals surface area (Å²) in [4.78, 5) is 22.5. The minimum atomic E-state index is 0.101. The van der Waals surface area contributed by atoms with Gasteiger partial charge in [0.2, 0.25) is 0 Å². The summed E-state index contributed by atoms with van der Waals surface area (Å²) >= 11 is 1.67. The SMILES string of the molecule is CCc1nc(-c2cc(C(=O)N3CCN(c4ccccc4)CC3)c3ccccn23)cs1. The fourth-order valence-electron chi connectivity index (χ4n) is 4.09. The van der Waals surface area contributed by atoms with Crippen LogP contribution in [0.25, 0.3) is 16.9 Å². The maximum absolute atomic E-state index is 13.4. The highest BCUT2D eigenvalue weighted by Crippen LogP contribution is 2.29. The highest BCUT2D eigenvalue weighted by Gasteiger charge is 2.25. The number of fused-ring (bicyclic) bond motifs is 1. The number of aryl methyl sites for hydroxylation is 1. The van der Waals surface area contributed by atoms with Crippen molar-refractivity contribution in [3.63, 3.8) is 0 Å². The number of rotatable bonds is 4. The van der Waals surface area contributed by atoms with E-state index in [-0.39, 0.29) is 5.91 Å². The predicted octanol–water partition coefficient (Wildman–Crippen LogP) is 4.59. The maximum Gasteiger partial charge on any atom is 0.256 e. The molecular weight excluding hydrogens is 392 g/mol. The number of aromatic nitrogens is 2. The lowest BCUT2D eigenvalue weighted by Crippen LogP contribution is -2.48. The van der Waals surface area contributed by atoms with Crippen LogP contribution in [0.1, 0.15) is 22.3 Å². The second kappa shape index (κ2) is 7.95. The van der Waals surface area contributed by atoms with Crippen molar-refractivity contribution in [3.05, 3.63) is 76.7 Å². The Morgan fingerprint density at radius 3 is 2.53 bits per heavy atom. The van der Waals surface area contributed by atoms with Crippen LogP contribution in [0.3, 0.4) is 0 Å². The molecular formula is C24H24N4OS. The summed E-state index contributed by atoms with van der Waals surface area (Å²) in [6, 6.07) is 18.4. The van der Waals surface area contributed by atoms with Crippen molar-refractivity contribution in [2.75, 3.05) is 31.1 Å². The number of carbonyl (C=O) groups is 1. The maximum atomic E-state index is 13.4. The van der Waals surface area contributed by atoms with Gasteiger partial charge < -0.3 is 14.2 Å². The standard InChI is InChI=1S/C24H24N4OS/c1-2-23-25-20(17-30-23)22-16-19(21-10-6-7-11-28(21)22)24(29)27-14-12-26(13-15-27)18-8-4-3-5-9-18/h3-11,16-17H,2,12-15H2,1H3. The Labute approximate surface area is 180 Å². The molecule has 1 aromatic carbocycles. The highest BCUT2D eigenvalue weighted by molar-refractivity contribution is 7.09. The molecule has 1 aliphatic heterocycles. The molecule has 1 amide bonds.